The molecule has 0 heterocycles. The van der Waals surface area contributed by atoms with Crippen LogP contribution in [0.3, 0.4) is 0 Å². The molecule has 0 fully saturated rings. The molecule has 1 N–H and O–H groups in total. The van der Waals surface area contributed by atoms with E-state index in [1.807, 2.05) is 0 Å². The van der Waals surface area contributed by atoms with Crippen molar-refractivity contribution >= 4 is 23.2 Å². The summed E-state index contributed by atoms with van der Waals surface area (Å²) in [7, 11) is 0. The predicted molar refractivity (Wildman–Crippen MR) is 85.1 cm³/mol. The van der Waals surface area contributed by atoms with Gasteiger partial charge in [-0.3, -0.25) is 14.9 Å². The van der Waals surface area contributed by atoms with Crippen molar-refractivity contribution in [1.82, 2.24) is 5.32 Å². The van der Waals surface area contributed by atoms with Crippen LogP contribution in [0, 0.1) is 21.7 Å². The summed E-state index contributed by atoms with van der Waals surface area (Å²) in [6.45, 7) is 1.59. The molecule has 0 bridgehead atoms. The van der Waals surface area contributed by atoms with E-state index >= 15 is 0 Å². The van der Waals surface area contributed by atoms with Crippen LogP contribution in [0.15, 0.2) is 36.4 Å². The van der Waals surface area contributed by atoms with E-state index in [1.54, 1.807) is 6.92 Å². The summed E-state index contributed by atoms with van der Waals surface area (Å²) in [6, 6.07) is 6.41. The van der Waals surface area contributed by atoms with Crippen LogP contribution in [0.4, 0.5) is 14.5 Å². The largest absolute Gasteiger partial charge is 0.349 e. The lowest BCUT2D eigenvalue weighted by molar-refractivity contribution is -0.384. The lowest BCUT2D eigenvalue weighted by Crippen LogP contribution is -2.34. The van der Waals surface area contributed by atoms with Crippen LogP contribution >= 0.6 is 11.6 Å². The molecule has 1 atom stereocenters. The van der Waals surface area contributed by atoms with Crippen molar-refractivity contribution in [3.8, 4) is 0 Å². The maximum absolute atomic E-state index is 13.6. The number of nitro groups is 1. The summed E-state index contributed by atoms with van der Waals surface area (Å²) in [5.74, 6) is -1.96. The Morgan fingerprint density at radius 2 is 1.92 bits per heavy atom. The monoisotopic (exact) mass is 354 g/mol. The molecular formula is C16H13ClF2N2O3. The first-order valence-corrected chi connectivity index (χ1v) is 7.35. The number of rotatable bonds is 5. The van der Waals surface area contributed by atoms with E-state index in [-0.39, 0.29) is 28.3 Å². The summed E-state index contributed by atoms with van der Waals surface area (Å²) < 4.78 is 27.2. The quantitative estimate of drug-likeness (QED) is 0.654. The fraction of sp³-hybridized carbons (Fsp3) is 0.188. The second kappa shape index (κ2) is 7.35. The zero-order chi connectivity index (χ0) is 17.9. The minimum absolute atomic E-state index is 0.0446. The van der Waals surface area contributed by atoms with Crippen molar-refractivity contribution in [2.24, 2.45) is 0 Å². The van der Waals surface area contributed by atoms with Gasteiger partial charge in [0.2, 0.25) is 0 Å². The number of carbonyl (C=O) groups is 1. The van der Waals surface area contributed by atoms with E-state index in [0.717, 1.165) is 24.3 Å². The van der Waals surface area contributed by atoms with Crippen molar-refractivity contribution in [3.63, 3.8) is 0 Å². The van der Waals surface area contributed by atoms with Gasteiger partial charge >= 0.3 is 0 Å². The molecule has 2 aromatic carbocycles. The molecule has 1 amide bonds. The van der Waals surface area contributed by atoms with Crippen molar-refractivity contribution in [2.75, 3.05) is 0 Å². The Bertz CT molecular complexity index is 779. The maximum atomic E-state index is 13.6. The Balaban J connectivity index is 2.10. The summed E-state index contributed by atoms with van der Waals surface area (Å²) >= 11 is 5.88. The average Bonchev–Trinajstić information content (AvgIpc) is 2.50. The highest BCUT2D eigenvalue weighted by Crippen LogP contribution is 2.22. The zero-order valence-electron chi connectivity index (χ0n) is 12.6. The zero-order valence-corrected chi connectivity index (χ0v) is 13.3. The number of nitrogens with zero attached hydrogens (tertiary/aromatic N) is 1. The van der Waals surface area contributed by atoms with E-state index < -0.39 is 28.5 Å². The van der Waals surface area contributed by atoms with Gasteiger partial charge < -0.3 is 5.32 Å². The number of non-ortho nitro benzene ring substituents is 1. The Morgan fingerprint density at radius 3 is 2.46 bits per heavy atom. The third-order valence-corrected chi connectivity index (χ3v) is 3.67. The van der Waals surface area contributed by atoms with Crippen LogP contribution in [0.25, 0.3) is 0 Å². The summed E-state index contributed by atoms with van der Waals surface area (Å²) in [4.78, 5) is 22.2. The van der Waals surface area contributed by atoms with Gasteiger partial charge in [-0.2, -0.15) is 0 Å². The first-order valence-electron chi connectivity index (χ1n) is 6.97. The molecule has 2 rings (SSSR count). The van der Waals surface area contributed by atoms with Crippen molar-refractivity contribution in [3.05, 3.63) is 74.3 Å². The molecule has 0 aliphatic heterocycles. The highest BCUT2D eigenvalue weighted by molar-refractivity contribution is 6.34. The maximum Gasteiger partial charge on any atom is 0.270 e. The molecule has 0 saturated carbocycles. The normalized spacial score (nSPS) is 11.8. The van der Waals surface area contributed by atoms with E-state index in [2.05, 4.69) is 5.32 Å². The number of nitro benzene ring substituents is 1. The minimum atomic E-state index is -0.690. The summed E-state index contributed by atoms with van der Waals surface area (Å²) in [5, 5.41) is 13.1. The second-order valence-corrected chi connectivity index (χ2v) is 5.61. The van der Waals surface area contributed by atoms with E-state index in [1.165, 1.54) is 12.1 Å². The lowest BCUT2D eigenvalue weighted by Gasteiger charge is -2.15. The fourth-order valence-corrected chi connectivity index (χ4v) is 2.45. The molecule has 0 radical (unpaired) electrons. The molecule has 8 heteroatoms. The Labute approximate surface area is 141 Å². The van der Waals surface area contributed by atoms with Gasteiger partial charge in [0.05, 0.1) is 15.5 Å². The first-order chi connectivity index (χ1) is 11.3. The molecule has 0 aliphatic rings. The molecule has 126 valence electrons. The van der Waals surface area contributed by atoms with Gasteiger partial charge in [-0.15, -0.1) is 0 Å². The van der Waals surface area contributed by atoms with Gasteiger partial charge in [0.1, 0.15) is 11.6 Å². The van der Waals surface area contributed by atoms with Crippen molar-refractivity contribution in [1.29, 1.82) is 0 Å². The number of nitrogens with one attached hydrogen (secondary N) is 1. The molecule has 5 nitrogen and oxygen atoms in total. The van der Waals surface area contributed by atoms with Crippen LogP contribution < -0.4 is 5.32 Å². The Morgan fingerprint density at radius 1 is 1.29 bits per heavy atom. The number of halogens is 3. The van der Waals surface area contributed by atoms with E-state index in [9.17, 15) is 23.7 Å². The lowest BCUT2D eigenvalue weighted by atomic mass is 10.1. The number of benzene rings is 2. The molecule has 1 unspecified atom stereocenters. The van der Waals surface area contributed by atoms with Crippen LogP contribution in [-0.4, -0.2) is 16.9 Å². The van der Waals surface area contributed by atoms with E-state index in [4.69, 9.17) is 11.6 Å². The smallest absolute Gasteiger partial charge is 0.270 e. The number of carbonyl (C=O) groups excluding carboxylic acids is 1. The SMILES string of the molecule is CC(Cc1c(F)cccc1F)NC(=O)c1ccc([N+](=O)[O-])cc1Cl. The van der Waals surface area contributed by atoms with Crippen molar-refractivity contribution in [2.45, 2.75) is 19.4 Å². The topological polar surface area (TPSA) is 72.2 Å². The Kier molecular flexibility index (Phi) is 5.46. The van der Waals surface area contributed by atoms with Gasteiger partial charge in [0.25, 0.3) is 11.6 Å². The number of hydrogen-bond donors (Lipinski definition) is 1. The van der Waals surface area contributed by atoms with E-state index in [0.29, 0.717) is 0 Å². The van der Waals surface area contributed by atoms with Gasteiger partial charge in [0.15, 0.2) is 0 Å². The van der Waals surface area contributed by atoms with Crippen molar-refractivity contribution < 1.29 is 18.5 Å². The molecule has 0 aliphatic carbocycles. The molecular weight excluding hydrogens is 342 g/mol. The van der Waals surface area contributed by atoms with Crippen LogP contribution in [0.1, 0.15) is 22.8 Å². The third kappa shape index (κ3) is 4.05. The minimum Gasteiger partial charge on any atom is -0.349 e. The highest BCUT2D eigenvalue weighted by Gasteiger charge is 2.18. The number of amides is 1. The van der Waals surface area contributed by atoms with Crippen LogP contribution in [0.2, 0.25) is 5.02 Å². The molecule has 24 heavy (non-hydrogen) atoms. The van der Waals surface area contributed by atoms with Crippen LogP contribution in [-0.2, 0) is 6.42 Å². The highest BCUT2D eigenvalue weighted by atomic mass is 35.5. The molecule has 2 aromatic rings. The van der Waals surface area contributed by atoms with Gasteiger partial charge in [-0.1, -0.05) is 17.7 Å². The standard InChI is InChI=1S/C16H13ClF2N2O3/c1-9(7-12-14(18)3-2-4-15(12)19)20-16(22)11-6-5-10(21(23)24)8-13(11)17/h2-6,8-9H,7H2,1H3,(H,20,22). The fourth-order valence-electron chi connectivity index (χ4n) is 2.19. The van der Waals surface area contributed by atoms with Gasteiger partial charge in [0, 0.05) is 23.7 Å². The summed E-state index contributed by atoms with van der Waals surface area (Å²) in [5.41, 5.74) is -0.318. The van der Waals surface area contributed by atoms with Gasteiger partial charge in [-0.25, -0.2) is 8.78 Å². The Hall–Kier alpha value is -2.54. The third-order valence-electron chi connectivity index (χ3n) is 3.36. The molecule has 0 saturated heterocycles. The predicted octanol–water partition coefficient (Wildman–Crippen LogP) is 3.89. The summed E-state index contributed by atoms with van der Waals surface area (Å²) in [6.07, 6.45) is -0.0468. The average molecular weight is 355 g/mol. The molecule has 0 spiro atoms. The van der Waals surface area contributed by atoms with Crippen LogP contribution in [0.5, 0.6) is 0 Å². The number of hydrogen-bond acceptors (Lipinski definition) is 3. The molecule has 0 aromatic heterocycles. The van der Waals surface area contributed by atoms with Gasteiger partial charge in [-0.05, 0) is 31.5 Å². The first kappa shape index (κ1) is 17.8. The second-order valence-electron chi connectivity index (χ2n) is 5.20.